The number of amides is 1. The molecule has 1 aromatic carbocycles. The summed E-state index contributed by atoms with van der Waals surface area (Å²) in [5, 5.41) is 13.1. The van der Waals surface area contributed by atoms with E-state index in [-0.39, 0.29) is 16.5 Å². The third-order valence-corrected chi connectivity index (χ3v) is 4.02. The molecule has 0 bridgehead atoms. The fraction of sp³-hybridized carbons (Fsp3) is 0.438. The highest BCUT2D eigenvalue weighted by molar-refractivity contribution is 6.32. The highest BCUT2D eigenvalue weighted by Crippen LogP contribution is 2.25. The summed E-state index contributed by atoms with van der Waals surface area (Å²) in [4.78, 5) is 45.7. The molecule has 26 heavy (non-hydrogen) atoms. The molecule has 1 amide bonds. The minimum Gasteiger partial charge on any atom is -0.467 e. The molecule has 10 heteroatoms. The number of carbonyl (C=O) groups is 3. The number of nitrogens with one attached hydrogen (secondary N) is 1. The fourth-order valence-electron chi connectivity index (χ4n) is 2.01. The number of methoxy groups -OCH3 is 1. The van der Waals surface area contributed by atoms with Crippen molar-refractivity contribution >= 4 is 35.1 Å². The van der Waals surface area contributed by atoms with Gasteiger partial charge in [-0.2, -0.15) is 0 Å². The summed E-state index contributed by atoms with van der Waals surface area (Å²) in [5.74, 6) is -2.41. The van der Waals surface area contributed by atoms with Crippen LogP contribution in [0, 0.1) is 16.0 Å². The standard InChI is InChI=1S/C16H19ClN2O7/c1-4-9(2)14(16(22)25-3)18-13(20)8-26-15(21)10-5-6-11(17)12(7-10)19(23)24/h5-7,9,14H,4,8H2,1-3H3,(H,18,20)/t9-,14+/m1/s1. The molecule has 0 heterocycles. The van der Waals surface area contributed by atoms with Gasteiger partial charge in [-0.15, -0.1) is 0 Å². The number of hydrogen-bond donors (Lipinski definition) is 1. The van der Waals surface area contributed by atoms with Crippen LogP contribution in [-0.2, 0) is 19.1 Å². The smallest absolute Gasteiger partial charge is 0.338 e. The number of carbonyl (C=O) groups excluding carboxylic acids is 3. The lowest BCUT2D eigenvalue weighted by Crippen LogP contribution is -2.47. The molecule has 1 rings (SSSR count). The molecule has 0 unspecified atom stereocenters. The third kappa shape index (κ3) is 5.69. The SMILES string of the molecule is CC[C@@H](C)[C@H](NC(=O)COC(=O)c1ccc(Cl)c([N+](=O)[O-])c1)C(=O)OC. The van der Waals surface area contributed by atoms with Crippen molar-refractivity contribution < 1.29 is 28.8 Å². The third-order valence-electron chi connectivity index (χ3n) is 3.70. The Bertz CT molecular complexity index is 708. The number of rotatable bonds is 8. The maximum Gasteiger partial charge on any atom is 0.338 e. The number of hydrogen-bond acceptors (Lipinski definition) is 7. The van der Waals surface area contributed by atoms with E-state index in [4.69, 9.17) is 16.3 Å². The van der Waals surface area contributed by atoms with Crippen LogP contribution in [0.2, 0.25) is 5.02 Å². The molecule has 0 aromatic heterocycles. The second kappa shape index (κ2) is 9.71. The molecule has 0 saturated heterocycles. The largest absolute Gasteiger partial charge is 0.467 e. The van der Waals surface area contributed by atoms with E-state index in [1.54, 1.807) is 6.92 Å². The van der Waals surface area contributed by atoms with Crippen LogP contribution in [0.15, 0.2) is 18.2 Å². The number of halogens is 1. The summed E-state index contributed by atoms with van der Waals surface area (Å²) in [7, 11) is 1.21. The summed E-state index contributed by atoms with van der Waals surface area (Å²) in [5.41, 5.74) is -0.576. The number of nitro benzene ring substituents is 1. The lowest BCUT2D eigenvalue weighted by atomic mass is 9.99. The second-order valence-corrected chi connectivity index (χ2v) is 5.86. The predicted octanol–water partition coefficient (Wildman–Crippen LogP) is 2.11. The lowest BCUT2D eigenvalue weighted by Gasteiger charge is -2.21. The Morgan fingerprint density at radius 1 is 1.35 bits per heavy atom. The van der Waals surface area contributed by atoms with E-state index < -0.39 is 41.1 Å². The predicted molar refractivity (Wildman–Crippen MR) is 91.8 cm³/mol. The van der Waals surface area contributed by atoms with Gasteiger partial charge < -0.3 is 14.8 Å². The van der Waals surface area contributed by atoms with Gasteiger partial charge in [-0.25, -0.2) is 9.59 Å². The number of nitrogens with zero attached hydrogens (tertiary/aromatic N) is 1. The van der Waals surface area contributed by atoms with Gasteiger partial charge in [0.15, 0.2) is 6.61 Å². The first kappa shape index (κ1) is 21.4. The number of nitro groups is 1. The van der Waals surface area contributed by atoms with Crippen LogP contribution in [0.3, 0.4) is 0 Å². The molecule has 1 N–H and O–H groups in total. The van der Waals surface area contributed by atoms with Crippen molar-refractivity contribution in [2.24, 2.45) is 5.92 Å². The van der Waals surface area contributed by atoms with Crippen molar-refractivity contribution in [3.8, 4) is 0 Å². The molecular weight excluding hydrogens is 368 g/mol. The average Bonchev–Trinajstić information content (AvgIpc) is 2.62. The molecular formula is C16H19ClN2O7. The Labute approximate surface area is 154 Å². The van der Waals surface area contributed by atoms with Crippen LogP contribution in [0.1, 0.15) is 30.6 Å². The van der Waals surface area contributed by atoms with Crippen LogP contribution < -0.4 is 5.32 Å². The topological polar surface area (TPSA) is 125 Å². The minimum absolute atomic E-state index is 0.125. The Balaban J connectivity index is 2.72. The van der Waals surface area contributed by atoms with E-state index in [9.17, 15) is 24.5 Å². The molecule has 1 aromatic rings. The van der Waals surface area contributed by atoms with Gasteiger partial charge in [0.05, 0.1) is 17.6 Å². The zero-order valence-electron chi connectivity index (χ0n) is 14.5. The fourth-order valence-corrected chi connectivity index (χ4v) is 2.19. The highest BCUT2D eigenvalue weighted by atomic mass is 35.5. The zero-order valence-corrected chi connectivity index (χ0v) is 15.2. The molecule has 0 radical (unpaired) electrons. The Hall–Kier alpha value is -2.68. The molecule has 0 aliphatic carbocycles. The maximum absolute atomic E-state index is 11.9. The normalized spacial score (nSPS) is 12.6. The molecule has 0 aliphatic heterocycles. The first-order valence-corrected chi connectivity index (χ1v) is 8.07. The average molecular weight is 387 g/mol. The Morgan fingerprint density at radius 3 is 2.54 bits per heavy atom. The van der Waals surface area contributed by atoms with Gasteiger partial charge in [0.25, 0.3) is 11.6 Å². The summed E-state index contributed by atoms with van der Waals surface area (Å²) >= 11 is 5.67. The molecule has 9 nitrogen and oxygen atoms in total. The van der Waals surface area contributed by atoms with Crippen LogP contribution in [0.4, 0.5) is 5.69 Å². The van der Waals surface area contributed by atoms with Crippen molar-refractivity contribution in [2.45, 2.75) is 26.3 Å². The quantitative estimate of drug-likeness (QED) is 0.412. The van der Waals surface area contributed by atoms with Crippen LogP contribution in [-0.4, -0.2) is 42.5 Å². The van der Waals surface area contributed by atoms with Gasteiger partial charge in [-0.3, -0.25) is 14.9 Å². The van der Waals surface area contributed by atoms with Gasteiger partial charge in [0, 0.05) is 6.07 Å². The van der Waals surface area contributed by atoms with E-state index >= 15 is 0 Å². The monoisotopic (exact) mass is 386 g/mol. The molecule has 0 fully saturated rings. The second-order valence-electron chi connectivity index (χ2n) is 5.45. The van der Waals surface area contributed by atoms with Crippen molar-refractivity contribution in [3.05, 3.63) is 38.9 Å². The zero-order chi connectivity index (χ0) is 19.9. The highest BCUT2D eigenvalue weighted by Gasteiger charge is 2.27. The molecule has 0 aliphatic rings. The molecule has 142 valence electrons. The Kier molecular flexibility index (Phi) is 7.98. The number of ether oxygens (including phenoxy) is 2. The van der Waals surface area contributed by atoms with Crippen molar-refractivity contribution in [2.75, 3.05) is 13.7 Å². The summed E-state index contributed by atoms with van der Waals surface area (Å²) in [6, 6.07) is 2.52. The van der Waals surface area contributed by atoms with Gasteiger partial charge in [0.1, 0.15) is 11.1 Å². The minimum atomic E-state index is -0.932. The summed E-state index contributed by atoms with van der Waals surface area (Å²) in [6.45, 7) is 2.96. The van der Waals surface area contributed by atoms with Gasteiger partial charge >= 0.3 is 11.9 Å². The maximum atomic E-state index is 11.9. The van der Waals surface area contributed by atoms with E-state index in [2.05, 4.69) is 10.1 Å². The number of esters is 2. The number of benzene rings is 1. The van der Waals surface area contributed by atoms with Gasteiger partial charge in [0.2, 0.25) is 0 Å². The molecule has 0 saturated carbocycles. The Morgan fingerprint density at radius 2 is 2.00 bits per heavy atom. The van der Waals surface area contributed by atoms with Crippen molar-refractivity contribution in [1.29, 1.82) is 0 Å². The summed E-state index contributed by atoms with van der Waals surface area (Å²) < 4.78 is 9.46. The van der Waals surface area contributed by atoms with Crippen molar-refractivity contribution in [1.82, 2.24) is 5.32 Å². The van der Waals surface area contributed by atoms with Gasteiger partial charge in [-0.05, 0) is 18.1 Å². The van der Waals surface area contributed by atoms with E-state index in [0.29, 0.717) is 6.42 Å². The van der Waals surface area contributed by atoms with Crippen LogP contribution >= 0.6 is 11.6 Å². The van der Waals surface area contributed by atoms with E-state index in [0.717, 1.165) is 6.07 Å². The lowest BCUT2D eigenvalue weighted by molar-refractivity contribution is -0.384. The van der Waals surface area contributed by atoms with Gasteiger partial charge in [-0.1, -0.05) is 31.9 Å². The first-order valence-electron chi connectivity index (χ1n) is 7.69. The van der Waals surface area contributed by atoms with Crippen molar-refractivity contribution in [3.63, 3.8) is 0 Å². The first-order chi connectivity index (χ1) is 12.2. The van der Waals surface area contributed by atoms with E-state index in [1.165, 1.54) is 19.2 Å². The molecule has 0 spiro atoms. The van der Waals surface area contributed by atoms with E-state index in [1.807, 2.05) is 6.92 Å². The molecule has 2 atom stereocenters. The summed E-state index contributed by atoms with van der Waals surface area (Å²) in [6.07, 6.45) is 0.619. The van der Waals surface area contributed by atoms with Crippen LogP contribution in [0.5, 0.6) is 0 Å². The van der Waals surface area contributed by atoms with Crippen LogP contribution in [0.25, 0.3) is 0 Å².